The second kappa shape index (κ2) is 6.66. The molecule has 1 fully saturated rings. The average Bonchev–Trinajstić information content (AvgIpc) is 2.90. The first-order valence-corrected chi connectivity index (χ1v) is 6.63. The maximum atomic E-state index is 11.7. The van der Waals surface area contributed by atoms with Crippen molar-refractivity contribution in [1.29, 1.82) is 0 Å². The van der Waals surface area contributed by atoms with E-state index >= 15 is 0 Å². The number of ether oxygens (including phenoxy) is 1. The highest BCUT2D eigenvalue weighted by molar-refractivity contribution is 4.86. The van der Waals surface area contributed by atoms with Crippen LogP contribution in [0.2, 0.25) is 0 Å². The smallest absolute Gasteiger partial charge is 0.253 e. The van der Waals surface area contributed by atoms with E-state index in [1.165, 1.54) is 12.3 Å². The highest BCUT2D eigenvalue weighted by Crippen LogP contribution is 2.17. The second-order valence-electron chi connectivity index (χ2n) is 4.76. The lowest BCUT2D eigenvalue weighted by Crippen LogP contribution is -2.42. The molecule has 2 rings (SSSR count). The highest BCUT2D eigenvalue weighted by atomic mass is 16.5. The predicted octanol–water partition coefficient (Wildman–Crippen LogP) is 0.648. The summed E-state index contributed by atoms with van der Waals surface area (Å²) in [5, 5.41) is 3.52. The first-order chi connectivity index (χ1) is 8.81. The van der Waals surface area contributed by atoms with Crippen LogP contribution in [-0.4, -0.2) is 35.4 Å². The van der Waals surface area contributed by atoms with Crippen molar-refractivity contribution in [2.75, 3.05) is 19.8 Å². The Morgan fingerprint density at radius 1 is 1.67 bits per heavy atom. The molecular formula is C13H21N3O2. The van der Waals surface area contributed by atoms with Gasteiger partial charge in [-0.25, -0.2) is 4.98 Å². The maximum absolute atomic E-state index is 11.7. The van der Waals surface area contributed by atoms with E-state index in [1.54, 1.807) is 10.9 Å². The van der Waals surface area contributed by atoms with E-state index in [9.17, 15) is 4.79 Å². The summed E-state index contributed by atoms with van der Waals surface area (Å²) >= 11 is 0. The van der Waals surface area contributed by atoms with Crippen LogP contribution in [0.15, 0.2) is 23.4 Å². The molecule has 1 saturated heterocycles. The Bertz CT molecular complexity index is 413. The molecule has 5 nitrogen and oxygen atoms in total. The molecule has 5 heteroatoms. The number of hydrogen-bond acceptors (Lipinski definition) is 4. The Morgan fingerprint density at radius 2 is 2.56 bits per heavy atom. The van der Waals surface area contributed by atoms with Crippen LogP contribution in [-0.2, 0) is 11.3 Å². The van der Waals surface area contributed by atoms with Gasteiger partial charge in [-0.1, -0.05) is 6.92 Å². The molecule has 2 unspecified atom stereocenters. The SMILES string of the molecule is CCCNC(Cn1cnccc1=O)C1CCOC1. The Kier molecular flexibility index (Phi) is 4.90. The molecule has 0 aromatic carbocycles. The molecule has 0 aliphatic carbocycles. The minimum Gasteiger partial charge on any atom is -0.381 e. The molecule has 0 spiro atoms. The monoisotopic (exact) mass is 251 g/mol. The van der Waals surface area contributed by atoms with Crippen LogP contribution in [0.4, 0.5) is 0 Å². The lowest BCUT2D eigenvalue weighted by molar-refractivity contribution is 0.173. The van der Waals surface area contributed by atoms with Gasteiger partial charge in [-0.05, 0) is 19.4 Å². The molecule has 1 aliphatic heterocycles. The van der Waals surface area contributed by atoms with Gasteiger partial charge in [-0.3, -0.25) is 9.36 Å². The lowest BCUT2D eigenvalue weighted by Gasteiger charge is -2.24. The molecule has 2 atom stereocenters. The lowest BCUT2D eigenvalue weighted by atomic mass is 9.98. The summed E-state index contributed by atoms with van der Waals surface area (Å²) < 4.78 is 7.12. The van der Waals surface area contributed by atoms with Crippen LogP contribution in [0.3, 0.4) is 0 Å². The fraction of sp³-hybridized carbons (Fsp3) is 0.692. The van der Waals surface area contributed by atoms with E-state index in [-0.39, 0.29) is 11.6 Å². The third kappa shape index (κ3) is 3.40. The zero-order chi connectivity index (χ0) is 12.8. The topological polar surface area (TPSA) is 56.2 Å². The summed E-state index contributed by atoms with van der Waals surface area (Å²) in [6.07, 6.45) is 5.30. The van der Waals surface area contributed by atoms with Gasteiger partial charge >= 0.3 is 0 Å². The Morgan fingerprint density at radius 3 is 3.22 bits per heavy atom. The van der Waals surface area contributed by atoms with Crippen LogP contribution in [0.25, 0.3) is 0 Å². The van der Waals surface area contributed by atoms with Crippen molar-refractivity contribution in [2.24, 2.45) is 5.92 Å². The fourth-order valence-electron chi connectivity index (χ4n) is 2.31. The van der Waals surface area contributed by atoms with E-state index in [1.807, 2.05) is 0 Å². The van der Waals surface area contributed by atoms with Gasteiger partial charge in [0, 0.05) is 37.4 Å². The molecule has 1 aromatic rings. The molecule has 1 aromatic heterocycles. The van der Waals surface area contributed by atoms with Gasteiger partial charge in [0.25, 0.3) is 5.56 Å². The van der Waals surface area contributed by atoms with Gasteiger partial charge in [0.05, 0.1) is 12.9 Å². The van der Waals surface area contributed by atoms with Crippen molar-refractivity contribution in [1.82, 2.24) is 14.9 Å². The first-order valence-electron chi connectivity index (χ1n) is 6.63. The summed E-state index contributed by atoms with van der Waals surface area (Å²) in [6, 6.07) is 1.79. The molecule has 0 saturated carbocycles. The van der Waals surface area contributed by atoms with E-state index in [2.05, 4.69) is 17.2 Å². The number of aromatic nitrogens is 2. The summed E-state index contributed by atoms with van der Waals surface area (Å²) in [7, 11) is 0. The summed E-state index contributed by atoms with van der Waals surface area (Å²) in [5.41, 5.74) is 0.00668. The molecule has 0 bridgehead atoms. The molecule has 1 N–H and O–H groups in total. The van der Waals surface area contributed by atoms with Gasteiger partial charge < -0.3 is 10.1 Å². The highest BCUT2D eigenvalue weighted by Gasteiger charge is 2.25. The van der Waals surface area contributed by atoms with Gasteiger partial charge in [-0.2, -0.15) is 0 Å². The quantitative estimate of drug-likeness (QED) is 0.806. The first kappa shape index (κ1) is 13.2. The standard InChI is InChI=1S/C13H21N3O2/c1-2-5-15-12(11-4-7-18-9-11)8-16-10-14-6-3-13(16)17/h3,6,10-12,15H,2,4-5,7-9H2,1H3. The molecule has 100 valence electrons. The van der Waals surface area contributed by atoms with Gasteiger partial charge in [0.2, 0.25) is 0 Å². The van der Waals surface area contributed by atoms with Crippen molar-refractivity contribution in [3.63, 3.8) is 0 Å². The zero-order valence-corrected chi connectivity index (χ0v) is 10.8. The van der Waals surface area contributed by atoms with E-state index in [0.29, 0.717) is 12.5 Å². The van der Waals surface area contributed by atoms with Crippen LogP contribution >= 0.6 is 0 Å². The third-order valence-electron chi connectivity index (χ3n) is 3.38. The zero-order valence-electron chi connectivity index (χ0n) is 10.8. The summed E-state index contributed by atoms with van der Waals surface area (Å²) in [6.45, 7) is 5.40. The van der Waals surface area contributed by atoms with Crippen LogP contribution in [0.5, 0.6) is 0 Å². The molecule has 2 heterocycles. The van der Waals surface area contributed by atoms with Gasteiger partial charge in [-0.15, -0.1) is 0 Å². The Balaban J connectivity index is 2.04. The Labute approximate surface area is 107 Å². The normalized spacial score (nSPS) is 21.1. The van der Waals surface area contributed by atoms with Gasteiger partial charge in [0.1, 0.15) is 0 Å². The van der Waals surface area contributed by atoms with Crippen LogP contribution in [0, 0.1) is 5.92 Å². The van der Waals surface area contributed by atoms with Crippen molar-refractivity contribution < 1.29 is 4.74 Å². The number of nitrogens with zero attached hydrogens (tertiary/aromatic N) is 2. The third-order valence-corrected chi connectivity index (χ3v) is 3.38. The largest absolute Gasteiger partial charge is 0.381 e. The fourth-order valence-corrected chi connectivity index (χ4v) is 2.31. The molecule has 18 heavy (non-hydrogen) atoms. The van der Waals surface area contributed by atoms with Gasteiger partial charge in [0.15, 0.2) is 0 Å². The Hall–Kier alpha value is -1.20. The second-order valence-corrected chi connectivity index (χ2v) is 4.76. The van der Waals surface area contributed by atoms with Crippen molar-refractivity contribution in [3.8, 4) is 0 Å². The summed E-state index contributed by atoms with van der Waals surface area (Å²) in [5.74, 6) is 0.489. The van der Waals surface area contributed by atoms with Crippen LogP contribution in [0.1, 0.15) is 19.8 Å². The van der Waals surface area contributed by atoms with E-state index in [0.717, 1.165) is 32.6 Å². The van der Waals surface area contributed by atoms with Crippen molar-refractivity contribution in [3.05, 3.63) is 28.9 Å². The van der Waals surface area contributed by atoms with Crippen molar-refractivity contribution in [2.45, 2.75) is 32.4 Å². The minimum atomic E-state index is 0.00668. The number of hydrogen-bond donors (Lipinski definition) is 1. The minimum absolute atomic E-state index is 0.00668. The maximum Gasteiger partial charge on any atom is 0.253 e. The summed E-state index contributed by atoms with van der Waals surface area (Å²) in [4.78, 5) is 15.7. The van der Waals surface area contributed by atoms with Crippen molar-refractivity contribution >= 4 is 0 Å². The van der Waals surface area contributed by atoms with Crippen LogP contribution < -0.4 is 10.9 Å². The predicted molar refractivity (Wildman–Crippen MR) is 69.5 cm³/mol. The molecule has 1 aliphatic rings. The van der Waals surface area contributed by atoms with E-state index in [4.69, 9.17) is 4.74 Å². The number of rotatable bonds is 6. The van der Waals surface area contributed by atoms with E-state index < -0.39 is 0 Å². The number of nitrogens with one attached hydrogen (secondary N) is 1. The average molecular weight is 251 g/mol. The molecule has 0 radical (unpaired) electrons. The molecular weight excluding hydrogens is 230 g/mol. The molecule has 0 amide bonds.